The van der Waals surface area contributed by atoms with Crippen molar-refractivity contribution < 1.29 is 4.57 Å². The zero-order valence-electron chi connectivity index (χ0n) is 14.5. The average Bonchev–Trinajstić information content (AvgIpc) is 2.38. The molecule has 1 aromatic carbocycles. The van der Waals surface area contributed by atoms with Gasteiger partial charge in [-0.3, -0.25) is 0 Å². The van der Waals surface area contributed by atoms with Gasteiger partial charge < -0.3 is 0 Å². The minimum Gasteiger partial charge on any atom is -0.201 e. The number of rotatable bonds is 2. The Morgan fingerprint density at radius 2 is 1.67 bits per heavy atom. The van der Waals surface area contributed by atoms with E-state index in [1.807, 2.05) is 0 Å². The molecule has 2 aromatic rings. The number of aromatic nitrogens is 1. The van der Waals surface area contributed by atoms with E-state index in [4.69, 9.17) is 0 Å². The Labute approximate surface area is 129 Å². The highest BCUT2D eigenvalue weighted by Gasteiger charge is 2.20. The third kappa shape index (κ3) is 3.34. The molecule has 0 atom stereocenters. The predicted molar refractivity (Wildman–Crippen MR) is 90.6 cm³/mol. The highest BCUT2D eigenvalue weighted by atomic mass is 14.9. The lowest BCUT2D eigenvalue weighted by atomic mass is 9.87. The molecule has 1 nitrogen and oxygen atoms in total. The van der Waals surface area contributed by atoms with Gasteiger partial charge in [-0.1, -0.05) is 46.8 Å². The van der Waals surface area contributed by atoms with Gasteiger partial charge in [-0.15, -0.1) is 0 Å². The summed E-state index contributed by atoms with van der Waals surface area (Å²) in [6.07, 6.45) is 2.26. The van der Waals surface area contributed by atoms with Gasteiger partial charge in [0.1, 0.15) is 7.05 Å². The highest BCUT2D eigenvalue weighted by molar-refractivity contribution is 5.61. The summed E-state index contributed by atoms with van der Waals surface area (Å²) in [5, 5.41) is 0. The van der Waals surface area contributed by atoms with E-state index in [0.29, 0.717) is 5.92 Å². The molecule has 1 heteroatoms. The molecule has 2 rings (SSSR count). The van der Waals surface area contributed by atoms with Crippen LogP contribution in [0.1, 0.15) is 57.2 Å². The fourth-order valence-electron chi connectivity index (χ4n) is 2.66. The smallest absolute Gasteiger partial charge is 0.201 e. The lowest BCUT2D eigenvalue weighted by Gasteiger charge is -2.17. The van der Waals surface area contributed by atoms with Gasteiger partial charge in [-0.05, 0) is 41.5 Å². The number of aryl methyl sites for hydroxylation is 2. The van der Waals surface area contributed by atoms with E-state index >= 15 is 0 Å². The molecule has 1 aromatic heterocycles. The molecule has 0 spiro atoms. The van der Waals surface area contributed by atoms with Gasteiger partial charge in [0.2, 0.25) is 5.69 Å². The van der Waals surface area contributed by atoms with Gasteiger partial charge >= 0.3 is 0 Å². The lowest BCUT2D eigenvalue weighted by molar-refractivity contribution is -0.661. The van der Waals surface area contributed by atoms with E-state index < -0.39 is 0 Å². The third-order valence-corrected chi connectivity index (χ3v) is 4.19. The highest BCUT2D eigenvalue weighted by Crippen LogP contribution is 2.27. The normalized spacial score (nSPS) is 12.0. The van der Waals surface area contributed by atoms with Crippen LogP contribution in [0.25, 0.3) is 11.3 Å². The van der Waals surface area contributed by atoms with Gasteiger partial charge in [0.15, 0.2) is 6.20 Å². The summed E-state index contributed by atoms with van der Waals surface area (Å²) in [5.74, 6) is 0.578. The fraction of sp³-hybridized carbons (Fsp3) is 0.450. The molecule has 0 N–H and O–H groups in total. The van der Waals surface area contributed by atoms with Gasteiger partial charge in [-0.25, -0.2) is 4.57 Å². The van der Waals surface area contributed by atoms with E-state index in [0.717, 1.165) is 0 Å². The number of hydrogen-bond donors (Lipinski definition) is 0. The minimum atomic E-state index is 0.187. The first kappa shape index (κ1) is 15.8. The molecule has 21 heavy (non-hydrogen) atoms. The zero-order chi connectivity index (χ0) is 15.8. The molecule has 0 saturated heterocycles. The van der Waals surface area contributed by atoms with Crippen LogP contribution in [-0.4, -0.2) is 0 Å². The third-order valence-electron chi connectivity index (χ3n) is 4.19. The molecule has 0 aliphatic heterocycles. The number of pyridine rings is 1. The van der Waals surface area contributed by atoms with Gasteiger partial charge in [0, 0.05) is 17.2 Å². The Bertz CT molecular complexity index is 645. The monoisotopic (exact) mass is 282 g/mol. The molecule has 0 saturated carbocycles. The van der Waals surface area contributed by atoms with Gasteiger partial charge in [-0.2, -0.15) is 0 Å². The second-order valence-corrected chi connectivity index (χ2v) is 7.39. The Morgan fingerprint density at radius 1 is 1.00 bits per heavy atom. The summed E-state index contributed by atoms with van der Waals surface area (Å²) in [5.41, 5.74) is 6.90. The van der Waals surface area contributed by atoms with Crippen molar-refractivity contribution in [2.45, 2.75) is 52.9 Å². The van der Waals surface area contributed by atoms with Crippen molar-refractivity contribution in [1.82, 2.24) is 0 Å². The summed E-state index contributed by atoms with van der Waals surface area (Å²) in [6.45, 7) is 13.5. The molecule has 0 amide bonds. The molecular weight excluding hydrogens is 254 g/mol. The van der Waals surface area contributed by atoms with Crippen molar-refractivity contribution >= 4 is 0 Å². The van der Waals surface area contributed by atoms with Crippen LogP contribution in [0, 0.1) is 6.92 Å². The lowest BCUT2D eigenvalue weighted by Crippen LogP contribution is -2.33. The SMILES string of the molecule is Cc1cc(C(C)C)ccc1-c1ccc(C(C)(C)C)c[n+]1C. The number of nitrogens with zero attached hydrogens (tertiary/aromatic N) is 1. The average molecular weight is 282 g/mol. The van der Waals surface area contributed by atoms with E-state index in [9.17, 15) is 0 Å². The van der Waals surface area contributed by atoms with E-state index in [2.05, 4.69) is 89.7 Å². The van der Waals surface area contributed by atoms with Crippen LogP contribution in [0.15, 0.2) is 36.5 Å². The van der Waals surface area contributed by atoms with Crippen molar-refractivity contribution in [1.29, 1.82) is 0 Å². The maximum atomic E-state index is 2.32. The van der Waals surface area contributed by atoms with Crippen LogP contribution >= 0.6 is 0 Å². The van der Waals surface area contributed by atoms with Crippen molar-refractivity contribution in [2.24, 2.45) is 7.05 Å². The molecule has 0 fully saturated rings. The number of benzene rings is 1. The van der Waals surface area contributed by atoms with Gasteiger partial charge in [0.25, 0.3) is 0 Å². The van der Waals surface area contributed by atoms with Crippen LogP contribution < -0.4 is 4.57 Å². The summed E-state index contributed by atoms with van der Waals surface area (Å²) in [7, 11) is 2.14. The molecule has 0 aliphatic carbocycles. The van der Waals surface area contributed by atoms with Crippen molar-refractivity contribution in [3.8, 4) is 11.3 Å². The molecule has 0 bridgehead atoms. The zero-order valence-corrected chi connectivity index (χ0v) is 14.5. The van der Waals surface area contributed by atoms with Crippen molar-refractivity contribution in [3.63, 3.8) is 0 Å². The topological polar surface area (TPSA) is 3.88 Å². The van der Waals surface area contributed by atoms with E-state index in [1.165, 1.54) is 27.9 Å². The van der Waals surface area contributed by atoms with Crippen LogP contribution in [0.2, 0.25) is 0 Å². The van der Waals surface area contributed by atoms with Crippen LogP contribution in [0.4, 0.5) is 0 Å². The second kappa shape index (κ2) is 5.63. The molecule has 1 heterocycles. The van der Waals surface area contributed by atoms with Crippen molar-refractivity contribution in [2.75, 3.05) is 0 Å². The van der Waals surface area contributed by atoms with E-state index in [1.54, 1.807) is 0 Å². The van der Waals surface area contributed by atoms with Crippen molar-refractivity contribution in [3.05, 3.63) is 53.2 Å². The summed E-state index contributed by atoms with van der Waals surface area (Å²) < 4.78 is 2.25. The first-order chi connectivity index (χ1) is 9.70. The molecule has 0 radical (unpaired) electrons. The molecule has 0 unspecified atom stereocenters. The maximum absolute atomic E-state index is 2.32. The Kier molecular flexibility index (Phi) is 4.22. The second-order valence-electron chi connectivity index (χ2n) is 7.39. The summed E-state index contributed by atoms with van der Waals surface area (Å²) in [4.78, 5) is 0. The maximum Gasteiger partial charge on any atom is 0.212 e. The molecule has 112 valence electrons. The predicted octanol–water partition coefficient (Wildman–Crippen LogP) is 4.91. The quantitative estimate of drug-likeness (QED) is 0.689. The Morgan fingerprint density at radius 3 is 2.14 bits per heavy atom. The molecule has 0 aliphatic rings. The van der Waals surface area contributed by atoms with Crippen LogP contribution in [0.3, 0.4) is 0 Å². The van der Waals surface area contributed by atoms with Crippen LogP contribution in [-0.2, 0) is 12.5 Å². The minimum absolute atomic E-state index is 0.187. The number of hydrogen-bond acceptors (Lipinski definition) is 0. The summed E-state index contributed by atoms with van der Waals surface area (Å²) in [6, 6.07) is 11.3. The molecular formula is C20H28N+. The van der Waals surface area contributed by atoms with Gasteiger partial charge in [0.05, 0.1) is 0 Å². The first-order valence-corrected chi connectivity index (χ1v) is 7.81. The van der Waals surface area contributed by atoms with Crippen LogP contribution in [0.5, 0.6) is 0 Å². The first-order valence-electron chi connectivity index (χ1n) is 7.81. The fourth-order valence-corrected chi connectivity index (χ4v) is 2.66. The Balaban J connectivity index is 2.48. The Hall–Kier alpha value is -1.63. The largest absolute Gasteiger partial charge is 0.212 e. The standard InChI is InChI=1S/C20H28N/c1-14(2)16-8-10-18(15(3)12-16)19-11-9-17(13-21(19)7)20(4,5)6/h8-14H,1-7H3/q+1. The summed E-state index contributed by atoms with van der Waals surface area (Å²) >= 11 is 0. The van der Waals surface area contributed by atoms with E-state index in [-0.39, 0.29) is 5.41 Å².